The van der Waals surface area contributed by atoms with Crippen molar-refractivity contribution in [2.45, 2.75) is 46.2 Å². The van der Waals surface area contributed by atoms with Gasteiger partial charge in [0.1, 0.15) is 11.6 Å². The number of likely N-dealkylation sites (tertiary alicyclic amines) is 1. The Kier molecular flexibility index (Phi) is 11.4. The molecular weight excluding hydrogens is 519 g/mol. The normalized spacial score (nSPS) is 14.7. The van der Waals surface area contributed by atoms with Gasteiger partial charge in [0.15, 0.2) is 5.96 Å². The first-order chi connectivity index (χ1) is 13.8. The molecule has 9 nitrogen and oxygen atoms in total. The van der Waals surface area contributed by atoms with E-state index in [1.165, 1.54) is 9.78 Å². The lowest BCUT2D eigenvalue weighted by Crippen LogP contribution is -2.50. The van der Waals surface area contributed by atoms with E-state index in [1.807, 2.05) is 6.92 Å². The summed E-state index contributed by atoms with van der Waals surface area (Å²) in [7, 11) is 3.43. The quantitative estimate of drug-likeness (QED) is 0.319. The number of carbonyl (C=O) groups is 2. The Balaban J connectivity index is 0.00000450. The molecule has 30 heavy (non-hydrogen) atoms. The number of nitrogens with zero attached hydrogens (tertiary/aromatic N) is 4. The van der Waals surface area contributed by atoms with Crippen molar-refractivity contribution in [2.75, 3.05) is 40.3 Å². The third kappa shape index (κ3) is 8.25. The molecule has 0 atom stereocenters. The predicted octanol–water partition coefficient (Wildman–Crippen LogP) is 2.12. The van der Waals surface area contributed by atoms with Gasteiger partial charge in [0, 0.05) is 38.1 Å². The zero-order valence-corrected chi connectivity index (χ0v) is 21.5. The van der Waals surface area contributed by atoms with E-state index >= 15 is 0 Å². The largest absolute Gasteiger partial charge is 0.450 e. The van der Waals surface area contributed by atoms with Crippen LogP contribution in [-0.2, 0) is 16.1 Å². The molecule has 2 heterocycles. The second-order valence-corrected chi connectivity index (χ2v) is 8.45. The van der Waals surface area contributed by atoms with E-state index in [0.29, 0.717) is 32.2 Å². The first-order valence-electron chi connectivity index (χ1n) is 9.89. The zero-order valence-electron chi connectivity index (χ0n) is 18.4. The molecule has 0 radical (unpaired) electrons. The minimum absolute atomic E-state index is 0. The van der Waals surface area contributed by atoms with Crippen LogP contribution in [0.2, 0.25) is 0 Å². The molecule has 2 N–H and O–H groups in total. The highest BCUT2D eigenvalue weighted by atomic mass is 127. The minimum atomic E-state index is -0.260. The lowest BCUT2D eigenvalue weighted by Gasteiger charge is -2.32. The molecule has 170 valence electrons. The van der Waals surface area contributed by atoms with Crippen LogP contribution in [0.25, 0.3) is 0 Å². The van der Waals surface area contributed by atoms with Gasteiger partial charge in [-0.25, -0.2) is 14.8 Å². The fourth-order valence-corrected chi connectivity index (χ4v) is 3.70. The van der Waals surface area contributed by atoms with Gasteiger partial charge in [0.2, 0.25) is 5.91 Å². The summed E-state index contributed by atoms with van der Waals surface area (Å²) < 4.78 is 5.07. The van der Waals surface area contributed by atoms with E-state index in [-0.39, 0.29) is 48.6 Å². The van der Waals surface area contributed by atoms with Crippen molar-refractivity contribution >= 4 is 53.3 Å². The maximum Gasteiger partial charge on any atom is 0.409 e. The van der Waals surface area contributed by atoms with E-state index in [1.54, 1.807) is 37.3 Å². The van der Waals surface area contributed by atoms with Crippen LogP contribution >= 0.6 is 35.3 Å². The predicted molar refractivity (Wildman–Crippen MR) is 130 cm³/mol. The number of hydrogen-bond donors (Lipinski definition) is 2. The van der Waals surface area contributed by atoms with Gasteiger partial charge in [-0.3, -0.25) is 4.79 Å². The molecule has 1 aliphatic heterocycles. The Morgan fingerprint density at radius 2 is 1.97 bits per heavy atom. The van der Waals surface area contributed by atoms with Gasteiger partial charge < -0.3 is 25.2 Å². The molecule has 1 fully saturated rings. The van der Waals surface area contributed by atoms with Crippen molar-refractivity contribution in [3.63, 3.8) is 0 Å². The van der Waals surface area contributed by atoms with Gasteiger partial charge >= 0.3 is 6.09 Å². The smallest absolute Gasteiger partial charge is 0.409 e. The molecule has 0 aliphatic carbocycles. The second-order valence-electron chi connectivity index (χ2n) is 7.16. The second kappa shape index (κ2) is 12.9. The van der Waals surface area contributed by atoms with Crippen LogP contribution in [0.5, 0.6) is 0 Å². The first kappa shape index (κ1) is 26.4. The molecular formula is C19H33IN6O3S. The van der Waals surface area contributed by atoms with Gasteiger partial charge in [0.25, 0.3) is 0 Å². The van der Waals surface area contributed by atoms with Crippen molar-refractivity contribution in [1.82, 2.24) is 25.4 Å². The van der Waals surface area contributed by atoms with Gasteiger partial charge in [-0.15, -0.1) is 35.3 Å². The number of nitrogens with one attached hydrogen (secondary N) is 2. The Bertz CT molecular complexity index is 712. The molecule has 1 saturated heterocycles. The van der Waals surface area contributed by atoms with Crippen LogP contribution in [0.4, 0.5) is 4.79 Å². The fraction of sp³-hybridized carbons (Fsp3) is 0.684. The maximum absolute atomic E-state index is 11.9. The average Bonchev–Trinajstić information content (AvgIpc) is 3.01. The van der Waals surface area contributed by atoms with Gasteiger partial charge in [0.05, 0.1) is 18.8 Å². The molecule has 0 saturated carbocycles. The number of aryl methyl sites for hydroxylation is 2. The molecule has 2 rings (SSSR count). The van der Waals surface area contributed by atoms with E-state index in [4.69, 9.17) is 4.74 Å². The maximum atomic E-state index is 11.9. The highest BCUT2D eigenvalue weighted by Gasteiger charge is 2.24. The standard InChI is InChI=1S/C19H32N6O3S.HI/c1-6-28-19(27)25-9-7-15(8-10-25)23-18(21-12-17(26)24(4)5)20-11-16-22-13(2)14(3)29-16;/h15H,6-12H2,1-5H3,(H2,20,21,23);1H. The number of guanidine groups is 1. The first-order valence-corrected chi connectivity index (χ1v) is 10.7. The number of hydrogen-bond acceptors (Lipinski definition) is 6. The van der Waals surface area contributed by atoms with E-state index in [0.717, 1.165) is 23.5 Å². The summed E-state index contributed by atoms with van der Waals surface area (Å²) in [5, 5.41) is 7.66. The number of halogens is 1. The van der Waals surface area contributed by atoms with E-state index in [2.05, 4.69) is 27.5 Å². The molecule has 1 aliphatic rings. The van der Waals surface area contributed by atoms with Gasteiger partial charge in [-0.2, -0.15) is 0 Å². The molecule has 0 aromatic carbocycles. The van der Waals surface area contributed by atoms with E-state index in [9.17, 15) is 9.59 Å². The highest BCUT2D eigenvalue weighted by molar-refractivity contribution is 14.0. The molecule has 2 amide bonds. The SMILES string of the molecule is CCOC(=O)N1CCC(NC(=NCC(=O)N(C)C)NCc2nc(C)c(C)s2)CC1.I. The van der Waals surface area contributed by atoms with Crippen LogP contribution in [-0.4, -0.2) is 79.1 Å². The summed E-state index contributed by atoms with van der Waals surface area (Å²) in [4.78, 5) is 37.2. The summed E-state index contributed by atoms with van der Waals surface area (Å²) >= 11 is 1.65. The number of rotatable bonds is 6. The monoisotopic (exact) mass is 552 g/mol. The molecule has 1 aromatic rings. The summed E-state index contributed by atoms with van der Waals surface area (Å²) in [5.74, 6) is 0.518. The topological polar surface area (TPSA) is 99.2 Å². The fourth-order valence-electron chi connectivity index (χ4n) is 2.83. The Morgan fingerprint density at radius 1 is 1.30 bits per heavy atom. The number of piperidine rings is 1. The average molecular weight is 552 g/mol. The molecule has 0 bridgehead atoms. The van der Waals surface area contributed by atoms with Crippen LogP contribution in [0.15, 0.2) is 4.99 Å². The van der Waals surface area contributed by atoms with Crippen molar-refractivity contribution < 1.29 is 14.3 Å². The molecule has 0 unspecified atom stereocenters. The lowest BCUT2D eigenvalue weighted by molar-refractivity contribution is -0.127. The number of amides is 2. The Morgan fingerprint density at radius 3 is 2.50 bits per heavy atom. The van der Waals surface area contributed by atoms with Crippen LogP contribution in [0.3, 0.4) is 0 Å². The summed E-state index contributed by atoms with van der Waals surface area (Å²) in [5.41, 5.74) is 1.03. The summed E-state index contributed by atoms with van der Waals surface area (Å²) in [6, 6.07) is 0.168. The summed E-state index contributed by atoms with van der Waals surface area (Å²) in [6.07, 6.45) is 1.32. The van der Waals surface area contributed by atoms with Gasteiger partial charge in [-0.05, 0) is 33.6 Å². The Labute approximate surface area is 199 Å². The van der Waals surface area contributed by atoms with Crippen LogP contribution in [0, 0.1) is 13.8 Å². The van der Waals surface area contributed by atoms with Crippen molar-refractivity contribution in [2.24, 2.45) is 4.99 Å². The molecule has 0 spiro atoms. The van der Waals surface area contributed by atoms with Crippen molar-refractivity contribution in [1.29, 1.82) is 0 Å². The van der Waals surface area contributed by atoms with Crippen molar-refractivity contribution in [3.8, 4) is 0 Å². The minimum Gasteiger partial charge on any atom is -0.450 e. The number of carbonyl (C=O) groups excluding carboxylic acids is 2. The number of ether oxygens (including phenoxy) is 1. The van der Waals surface area contributed by atoms with Gasteiger partial charge in [-0.1, -0.05) is 0 Å². The lowest BCUT2D eigenvalue weighted by atomic mass is 10.1. The number of thiazole rings is 1. The summed E-state index contributed by atoms with van der Waals surface area (Å²) in [6.45, 7) is 8.11. The molecule has 1 aromatic heterocycles. The van der Waals surface area contributed by atoms with Crippen LogP contribution in [0.1, 0.15) is 35.3 Å². The zero-order chi connectivity index (χ0) is 21.4. The number of aromatic nitrogens is 1. The highest BCUT2D eigenvalue weighted by Crippen LogP contribution is 2.16. The van der Waals surface area contributed by atoms with E-state index < -0.39 is 0 Å². The Hall–Kier alpha value is -1.63. The van der Waals surface area contributed by atoms with Crippen molar-refractivity contribution in [3.05, 3.63) is 15.6 Å². The third-order valence-electron chi connectivity index (χ3n) is 4.71. The number of aliphatic imine (C=N–C) groups is 1. The van der Waals surface area contributed by atoms with Crippen LogP contribution < -0.4 is 10.6 Å². The third-order valence-corrected chi connectivity index (χ3v) is 5.79. The molecule has 11 heteroatoms. The number of likely N-dealkylation sites (N-methyl/N-ethyl adjacent to an activating group) is 1.